The zero-order chi connectivity index (χ0) is 23.3. The molecule has 0 spiro atoms. The van der Waals surface area contributed by atoms with Gasteiger partial charge in [0.1, 0.15) is 0 Å². The number of rotatable bonds is 7. The molecule has 0 saturated heterocycles. The van der Waals surface area contributed by atoms with Gasteiger partial charge in [-0.3, -0.25) is 9.48 Å². The number of halogens is 1. The highest BCUT2D eigenvalue weighted by atomic mass is 35.5. The summed E-state index contributed by atoms with van der Waals surface area (Å²) in [5, 5.41) is 13.3. The Hall–Kier alpha value is -2.60. The second kappa shape index (κ2) is 8.56. The van der Waals surface area contributed by atoms with Crippen LogP contribution in [0.1, 0.15) is 66.7 Å². The number of nitrogens with zero attached hydrogens (tertiary/aromatic N) is 4. The predicted octanol–water partition coefficient (Wildman–Crippen LogP) is 5.32. The molecule has 2 heterocycles. The molecule has 4 saturated carbocycles. The number of aromatic nitrogens is 4. The van der Waals surface area contributed by atoms with Gasteiger partial charge >= 0.3 is 0 Å². The molecule has 1 N–H and O–H groups in total. The number of carbonyl (C=O) groups is 1. The molecule has 4 aliphatic carbocycles. The molecule has 4 aliphatic rings. The van der Waals surface area contributed by atoms with Gasteiger partial charge in [-0.1, -0.05) is 29.8 Å². The Morgan fingerprint density at radius 1 is 1.06 bits per heavy atom. The Bertz CT molecular complexity index is 1140. The third-order valence-electron chi connectivity index (χ3n) is 8.26. The lowest BCUT2D eigenvalue weighted by Gasteiger charge is -2.56. The van der Waals surface area contributed by atoms with Gasteiger partial charge in [0.25, 0.3) is 5.91 Å². The van der Waals surface area contributed by atoms with Gasteiger partial charge in [-0.2, -0.15) is 10.2 Å². The van der Waals surface area contributed by atoms with Crippen molar-refractivity contribution >= 4 is 17.5 Å². The summed E-state index contributed by atoms with van der Waals surface area (Å²) in [5.41, 5.74) is 3.68. The summed E-state index contributed by atoms with van der Waals surface area (Å²) in [6.07, 6.45) is 12.3. The van der Waals surface area contributed by atoms with E-state index in [-0.39, 0.29) is 11.3 Å². The summed E-state index contributed by atoms with van der Waals surface area (Å²) in [6.45, 7) is 3.21. The lowest BCUT2D eigenvalue weighted by atomic mass is 9.48. The maximum absolute atomic E-state index is 13.5. The number of nitrogens with one attached hydrogen (secondary N) is 1. The smallest absolute Gasteiger partial charge is 0.254 e. The standard InChI is InChI=1S/C27H32ClN5O/c1-18-24(28)17-32(30-18)9-5-8-29-26(34)23-16-33(22-6-3-2-4-7-22)31-25(23)27-13-19-10-20(14-27)12-21(11-19)15-27/h2-4,6-7,16-17,19-21H,5,8-15H2,1H3,(H,29,34). The Labute approximate surface area is 205 Å². The monoisotopic (exact) mass is 477 g/mol. The molecule has 0 unspecified atom stereocenters. The zero-order valence-corrected chi connectivity index (χ0v) is 20.5. The number of hydrogen-bond donors (Lipinski definition) is 1. The van der Waals surface area contributed by atoms with Crippen molar-refractivity contribution in [1.82, 2.24) is 24.9 Å². The highest BCUT2D eigenvalue weighted by molar-refractivity contribution is 6.31. The number of carbonyl (C=O) groups excluding carboxylic acids is 1. The maximum Gasteiger partial charge on any atom is 0.254 e. The van der Waals surface area contributed by atoms with E-state index in [4.69, 9.17) is 16.7 Å². The maximum atomic E-state index is 13.5. The Balaban J connectivity index is 1.24. The summed E-state index contributed by atoms with van der Waals surface area (Å²) in [6, 6.07) is 10.1. The fourth-order valence-electron chi connectivity index (χ4n) is 7.19. The van der Waals surface area contributed by atoms with Gasteiger partial charge in [0, 0.05) is 30.9 Å². The van der Waals surface area contributed by atoms with E-state index in [2.05, 4.69) is 22.5 Å². The molecule has 0 radical (unpaired) electrons. The van der Waals surface area contributed by atoms with Crippen LogP contribution in [-0.2, 0) is 12.0 Å². The largest absolute Gasteiger partial charge is 0.352 e. The molecule has 4 bridgehead atoms. The van der Waals surface area contributed by atoms with Crippen molar-refractivity contribution in [2.75, 3.05) is 6.54 Å². The highest BCUT2D eigenvalue weighted by Crippen LogP contribution is 2.60. The second-order valence-corrected chi connectivity index (χ2v) is 11.2. The molecule has 34 heavy (non-hydrogen) atoms. The van der Waals surface area contributed by atoms with Crippen molar-refractivity contribution in [2.24, 2.45) is 17.8 Å². The number of aryl methyl sites for hydroxylation is 2. The Morgan fingerprint density at radius 3 is 2.35 bits per heavy atom. The molecular formula is C27H32ClN5O. The van der Waals surface area contributed by atoms with E-state index < -0.39 is 0 Å². The van der Waals surface area contributed by atoms with E-state index >= 15 is 0 Å². The molecule has 178 valence electrons. The van der Waals surface area contributed by atoms with Crippen molar-refractivity contribution in [3.63, 3.8) is 0 Å². The van der Waals surface area contributed by atoms with Gasteiger partial charge in [-0.25, -0.2) is 4.68 Å². The first-order valence-electron chi connectivity index (χ1n) is 12.6. The van der Waals surface area contributed by atoms with E-state index in [0.717, 1.165) is 53.4 Å². The van der Waals surface area contributed by atoms with Crippen LogP contribution in [0.4, 0.5) is 0 Å². The van der Waals surface area contributed by atoms with Crippen molar-refractivity contribution in [3.8, 4) is 5.69 Å². The fraction of sp³-hybridized carbons (Fsp3) is 0.519. The van der Waals surface area contributed by atoms with Crippen molar-refractivity contribution in [1.29, 1.82) is 0 Å². The molecule has 4 fully saturated rings. The lowest BCUT2D eigenvalue weighted by molar-refractivity contribution is -0.00770. The van der Waals surface area contributed by atoms with Gasteiger partial charge in [0.2, 0.25) is 0 Å². The molecule has 7 heteroatoms. The predicted molar refractivity (Wildman–Crippen MR) is 132 cm³/mol. The minimum atomic E-state index is -0.0115. The molecule has 2 aromatic heterocycles. The zero-order valence-electron chi connectivity index (χ0n) is 19.7. The molecule has 7 rings (SSSR count). The first-order chi connectivity index (χ1) is 16.5. The van der Waals surface area contributed by atoms with E-state index in [1.54, 1.807) is 0 Å². The van der Waals surface area contributed by atoms with Crippen LogP contribution in [0.5, 0.6) is 0 Å². The molecule has 1 amide bonds. The van der Waals surface area contributed by atoms with E-state index in [9.17, 15) is 4.79 Å². The van der Waals surface area contributed by atoms with E-state index in [1.807, 2.05) is 46.9 Å². The minimum absolute atomic E-state index is 0.0115. The van der Waals surface area contributed by atoms with Gasteiger partial charge in [0.15, 0.2) is 0 Å². The molecule has 3 aromatic rings. The van der Waals surface area contributed by atoms with Crippen LogP contribution >= 0.6 is 11.6 Å². The first-order valence-corrected chi connectivity index (χ1v) is 13.0. The minimum Gasteiger partial charge on any atom is -0.352 e. The first kappa shape index (κ1) is 21.9. The molecule has 0 atom stereocenters. The summed E-state index contributed by atoms with van der Waals surface area (Å²) in [7, 11) is 0. The summed E-state index contributed by atoms with van der Waals surface area (Å²) in [4.78, 5) is 13.5. The van der Waals surface area contributed by atoms with Gasteiger partial charge < -0.3 is 5.32 Å². The molecule has 0 aliphatic heterocycles. The lowest BCUT2D eigenvalue weighted by Crippen LogP contribution is -2.49. The van der Waals surface area contributed by atoms with Crippen LogP contribution in [0.2, 0.25) is 5.02 Å². The van der Waals surface area contributed by atoms with Crippen molar-refractivity contribution < 1.29 is 4.79 Å². The fourth-order valence-corrected chi connectivity index (χ4v) is 7.34. The van der Waals surface area contributed by atoms with Crippen LogP contribution in [0.3, 0.4) is 0 Å². The Kier molecular flexibility index (Phi) is 5.51. The SMILES string of the molecule is Cc1nn(CCCNC(=O)c2cn(-c3ccccc3)nc2C23CC4CC(CC(C4)C2)C3)cc1Cl. The van der Waals surface area contributed by atoms with Crippen LogP contribution in [0.25, 0.3) is 5.69 Å². The molecule has 1 aromatic carbocycles. The Morgan fingerprint density at radius 2 is 1.74 bits per heavy atom. The van der Waals surface area contributed by atoms with Gasteiger partial charge in [-0.05, 0) is 81.8 Å². The summed E-state index contributed by atoms with van der Waals surface area (Å²) in [5.74, 6) is 2.39. The average molecular weight is 478 g/mol. The second-order valence-electron chi connectivity index (χ2n) is 10.8. The quantitative estimate of drug-likeness (QED) is 0.468. The molecule has 6 nitrogen and oxygen atoms in total. The summed E-state index contributed by atoms with van der Waals surface area (Å²) >= 11 is 6.11. The van der Waals surface area contributed by atoms with Gasteiger partial charge in [-0.15, -0.1) is 0 Å². The third kappa shape index (κ3) is 3.96. The van der Waals surface area contributed by atoms with Crippen LogP contribution < -0.4 is 5.32 Å². The van der Waals surface area contributed by atoms with Crippen LogP contribution in [-0.4, -0.2) is 32.0 Å². The topological polar surface area (TPSA) is 64.7 Å². The number of hydrogen-bond acceptors (Lipinski definition) is 3. The number of para-hydroxylation sites is 1. The van der Waals surface area contributed by atoms with Gasteiger partial charge in [0.05, 0.1) is 27.7 Å². The van der Waals surface area contributed by atoms with Crippen LogP contribution in [0, 0.1) is 24.7 Å². The van der Waals surface area contributed by atoms with Crippen molar-refractivity contribution in [2.45, 2.75) is 63.8 Å². The summed E-state index contributed by atoms with van der Waals surface area (Å²) < 4.78 is 3.76. The van der Waals surface area contributed by atoms with E-state index in [1.165, 1.54) is 38.5 Å². The highest BCUT2D eigenvalue weighted by Gasteiger charge is 2.53. The van der Waals surface area contributed by atoms with Crippen LogP contribution in [0.15, 0.2) is 42.7 Å². The normalized spacial score (nSPS) is 27.3. The number of benzene rings is 1. The average Bonchev–Trinajstić information content (AvgIpc) is 3.40. The number of amides is 1. The molecular weight excluding hydrogens is 446 g/mol. The van der Waals surface area contributed by atoms with E-state index in [0.29, 0.717) is 11.6 Å². The van der Waals surface area contributed by atoms with Crippen molar-refractivity contribution in [3.05, 3.63) is 64.7 Å². The third-order valence-corrected chi connectivity index (χ3v) is 8.63.